The fourth-order valence-electron chi connectivity index (χ4n) is 5.34. The summed E-state index contributed by atoms with van der Waals surface area (Å²) in [6.07, 6.45) is 4.16. The third-order valence-electron chi connectivity index (χ3n) is 7.47. The first-order valence-corrected chi connectivity index (χ1v) is 8.77. The SMILES string of the molecule is CC1(C)[C@@]2(C(=O)N3CCCc4ccccc43)CC[C@]1(C)C(=O)C2. The van der Waals surface area contributed by atoms with Crippen LogP contribution in [0.15, 0.2) is 24.3 Å². The van der Waals surface area contributed by atoms with Gasteiger partial charge in [0.2, 0.25) is 5.91 Å². The lowest BCUT2D eigenvalue weighted by atomic mass is 9.64. The normalized spacial score (nSPS) is 34.6. The molecule has 0 saturated heterocycles. The van der Waals surface area contributed by atoms with E-state index >= 15 is 0 Å². The van der Waals surface area contributed by atoms with Crippen molar-refractivity contribution in [3.05, 3.63) is 29.8 Å². The van der Waals surface area contributed by atoms with Gasteiger partial charge in [0.15, 0.2) is 0 Å². The molecule has 1 heterocycles. The predicted molar refractivity (Wildman–Crippen MR) is 90.3 cm³/mol. The molecule has 4 rings (SSSR count). The quantitative estimate of drug-likeness (QED) is 0.792. The summed E-state index contributed by atoms with van der Waals surface area (Å²) in [6, 6.07) is 8.23. The lowest BCUT2D eigenvalue weighted by Gasteiger charge is -2.43. The Kier molecular flexibility index (Phi) is 2.89. The van der Waals surface area contributed by atoms with Gasteiger partial charge in [-0.1, -0.05) is 39.0 Å². The van der Waals surface area contributed by atoms with Crippen LogP contribution in [0.5, 0.6) is 0 Å². The Morgan fingerprint density at radius 2 is 1.87 bits per heavy atom. The van der Waals surface area contributed by atoms with Crippen molar-refractivity contribution in [2.45, 2.75) is 52.9 Å². The number of ketones is 1. The maximum absolute atomic E-state index is 13.6. The number of benzene rings is 1. The van der Waals surface area contributed by atoms with Gasteiger partial charge in [0.25, 0.3) is 0 Å². The first kappa shape index (κ1) is 14.9. The maximum Gasteiger partial charge on any atom is 0.234 e. The molecule has 0 unspecified atom stereocenters. The molecule has 0 radical (unpaired) electrons. The molecule has 0 N–H and O–H groups in total. The summed E-state index contributed by atoms with van der Waals surface area (Å²) in [5.41, 5.74) is 1.20. The molecule has 2 saturated carbocycles. The summed E-state index contributed by atoms with van der Waals surface area (Å²) in [4.78, 5) is 28.2. The van der Waals surface area contributed by atoms with Crippen LogP contribution >= 0.6 is 0 Å². The highest BCUT2D eigenvalue weighted by Gasteiger charge is 2.73. The van der Waals surface area contributed by atoms with E-state index in [0.717, 1.165) is 37.9 Å². The molecular weight excluding hydrogens is 286 g/mol. The van der Waals surface area contributed by atoms with Gasteiger partial charge in [-0.2, -0.15) is 0 Å². The van der Waals surface area contributed by atoms with Crippen molar-refractivity contribution >= 4 is 17.4 Å². The van der Waals surface area contributed by atoms with E-state index in [0.29, 0.717) is 6.42 Å². The number of Topliss-reactive ketones (excluding diaryl/α,β-unsaturated/α-hetero) is 1. The third kappa shape index (κ3) is 1.61. The van der Waals surface area contributed by atoms with Crippen LogP contribution in [0, 0.1) is 16.2 Å². The van der Waals surface area contributed by atoms with Crippen molar-refractivity contribution in [1.29, 1.82) is 0 Å². The molecule has 1 aromatic carbocycles. The average molecular weight is 311 g/mol. The number of aryl methyl sites for hydroxylation is 1. The van der Waals surface area contributed by atoms with Gasteiger partial charge in [-0.15, -0.1) is 0 Å². The van der Waals surface area contributed by atoms with Crippen molar-refractivity contribution in [3.8, 4) is 0 Å². The molecular formula is C20H25NO2. The minimum atomic E-state index is -0.511. The van der Waals surface area contributed by atoms with Gasteiger partial charge in [-0.05, 0) is 42.7 Å². The van der Waals surface area contributed by atoms with E-state index < -0.39 is 5.41 Å². The van der Waals surface area contributed by atoms with Crippen LogP contribution < -0.4 is 4.90 Å². The van der Waals surface area contributed by atoms with Gasteiger partial charge in [0.1, 0.15) is 5.78 Å². The van der Waals surface area contributed by atoms with Crippen molar-refractivity contribution in [3.63, 3.8) is 0 Å². The standard InChI is InChI=1S/C20H25NO2/c1-18(2)19(3)10-11-20(18,13-16(19)22)17(23)21-12-6-8-14-7-4-5-9-15(14)21/h4-5,7,9H,6,8,10-13H2,1-3H3/t19-,20+/m1/s1. The van der Waals surface area contributed by atoms with Crippen LogP contribution in [-0.2, 0) is 16.0 Å². The molecule has 2 bridgehead atoms. The van der Waals surface area contributed by atoms with E-state index in [1.54, 1.807) is 0 Å². The van der Waals surface area contributed by atoms with Crippen LogP contribution in [0.1, 0.15) is 52.0 Å². The van der Waals surface area contributed by atoms with E-state index in [9.17, 15) is 9.59 Å². The molecule has 1 amide bonds. The van der Waals surface area contributed by atoms with Crippen LogP contribution in [0.3, 0.4) is 0 Å². The van der Waals surface area contributed by atoms with Gasteiger partial charge in [-0.25, -0.2) is 0 Å². The first-order valence-electron chi connectivity index (χ1n) is 8.77. The van der Waals surface area contributed by atoms with Crippen LogP contribution in [-0.4, -0.2) is 18.2 Å². The number of para-hydroxylation sites is 1. The Balaban J connectivity index is 1.78. The summed E-state index contributed by atoms with van der Waals surface area (Å²) in [5, 5.41) is 0. The number of hydrogen-bond acceptors (Lipinski definition) is 2. The molecule has 3 heteroatoms. The highest BCUT2D eigenvalue weighted by atomic mass is 16.2. The Morgan fingerprint density at radius 3 is 2.52 bits per heavy atom. The lowest BCUT2D eigenvalue weighted by molar-refractivity contribution is -0.134. The zero-order chi connectivity index (χ0) is 16.5. The Morgan fingerprint density at radius 1 is 1.13 bits per heavy atom. The highest BCUT2D eigenvalue weighted by molar-refractivity contribution is 6.06. The summed E-state index contributed by atoms with van der Waals surface area (Å²) >= 11 is 0. The van der Waals surface area contributed by atoms with Gasteiger partial charge in [-0.3, -0.25) is 9.59 Å². The molecule has 3 aliphatic rings. The van der Waals surface area contributed by atoms with Crippen molar-refractivity contribution < 1.29 is 9.59 Å². The molecule has 23 heavy (non-hydrogen) atoms. The molecule has 0 spiro atoms. The number of hydrogen-bond donors (Lipinski definition) is 0. The summed E-state index contributed by atoms with van der Waals surface area (Å²) in [7, 11) is 0. The largest absolute Gasteiger partial charge is 0.312 e. The number of rotatable bonds is 1. The molecule has 2 atom stereocenters. The highest BCUT2D eigenvalue weighted by Crippen LogP contribution is 2.71. The van der Waals surface area contributed by atoms with Crippen molar-refractivity contribution in [2.75, 3.05) is 11.4 Å². The number of anilines is 1. The maximum atomic E-state index is 13.6. The number of fused-ring (bicyclic) bond motifs is 3. The van der Waals surface area contributed by atoms with Gasteiger partial charge >= 0.3 is 0 Å². The molecule has 1 aromatic rings. The minimum absolute atomic E-state index is 0.184. The van der Waals surface area contributed by atoms with E-state index in [1.807, 2.05) is 17.0 Å². The van der Waals surface area contributed by atoms with E-state index in [-0.39, 0.29) is 22.5 Å². The van der Waals surface area contributed by atoms with Crippen molar-refractivity contribution in [1.82, 2.24) is 0 Å². The van der Waals surface area contributed by atoms with Gasteiger partial charge < -0.3 is 4.90 Å². The monoisotopic (exact) mass is 311 g/mol. The molecule has 122 valence electrons. The Labute approximate surface area is 138 Å². The topological polar surface area (TPSA) is 37.4 Å². The molecule has 2 aliphatic carbocycles. The Hall–Kier alpha value is -1.64. The van der Waals surface area contributed by atoms with E-state index in [2.05, 4.69) is 32.9 Å². The second-order valence-electron chi connectivity index (χ2n) is 8.33. The smallest absolute Gasteiger partial charge is 0.234 e. The average Bonchev–Trinajstić information content (AvgIpc) is 2.84. The third-order valence-corrected chi connectivity index (χ3v) is 7.47. The fraction of sp³-hybridized carbons (Fsp3) is 0.600. The van der Waals surface area contributed by atoms with Crippen LogP contribution in [0.2, 0.25) is 0 Å². The Bertz CT molecular complexity index is 707. The minimum Gasteiger partial charge on any atom is -0.312 e. The first-order chi connectivity index (χ1) is 10.8. The van der Waals surface area contributed by atoms with Crippen LogP contribution in [0.25, 0.3) is 0 Å². The summed E-state index contributed by atoms with van der Waals surface area (Å²) in [6.45, 7) is 7.12. The van der Waals surface area contributed by atoms with E-state index in [1.165, 1.54) is 5.56 Å². The van der Waals surface area contributed by atoms with E-state index in [4.69, 9.17) is 0 Å². The molecule has 3 nitrogen and oxygen atoms in total. The fourth-order valence-corrected chi connectivity index (χ4v) is 5.34. The predicted octanol–water partition coefficient (Wildman–Crippen LogP) is 3.75. The summed E-state index contributed by atoms with van der Waals surface area (Å²) in [5.74, 6) is 0.469. The number of carbonyl (C=O) groups is 2. The molecule has 2 fully saturated rings. The second kappa shape index (κ2) is 4.46. The second-order valence-corrected chi connectivity index (χ2v) is 8.33. The molecule has 1 aliphatic heterocycles. The zero-order valence-electron chi connectivity index (χ0n) is 14.3. The van der Waals surface area contributed by atoms with Crippen molar-refractivity contribution in [2.24, 2.45) is 16.2 Å². The zero-order valence-corrected chi connectivity index (χ0v) is 14.3. The molecule has 0 aromatic heterocycles. The number of amides is 1. The number of nitrogens with zero attached hydrogens (tertiary/aromatic N) is 1. The van der Waals surface area contributed by atoms with Crippen LogP contribution in [0.4, 0.5) is 5.69 Å². The number of carbonyl (C=O) groups excluding carboxylic acids is 2. The van der Waals surface area contributed by atoms with Gasteiger partial charge in [0, 0.05) is 24.1 Å². The van der Waals surface area contributed by atoms with Gasteiger partial charge in [0.05, 0.1) is 5.41 Å². The summed E-state index contributed by atoms with van der Waals surface area (Å²) < 4.78 is 0. The lowest BCUT2D eigenvalue weighted by Crippen LogP contribution is -2.50.